The summed E-state index contributed by atoms with van der Waals surface area (Å²) in [6.45, 7) is 5.82. The van der Waals surface area contributed by atoms with E-state index >= 15 is 0 Å². The molecule has 2 rings (SSSR count). The molecule has 0 saturated carbocycles. The Hall–Kier alpha value is -2.21. The van der Waals surface area contributed by atoms with Gasteiger partial charge >= 0.3 is 0 Å². The summed E-state index contributed by atoms with van der Waals surface area (Å²) < 4.78 is 26.7. The van der Waals surface area contributed by atoms with Gasteiger partial charge < -0.3 is 0 Å². The molecular formula is C19H23NO4S. The van der Waals surface area contributed by atoms with E-state index in [0.717, 1.165) is 10.8 Å². The van der Waals surface area contributed by atoms with Crippen molar-refractivity contribution in [3.8, 4) is 0 Å². The Morgan fingerprint density at radius 3 is 2.24 bits per heavy atom. The van der Waals surface area contributed by atoms with Crippen LogP contribution in [0.2, 0.25) is 0 Å². The lowest BCUT2D eigenvalue weighted by atomic mass is 9.89. The van der Waals surface area contributed by atoms with E-state index < -0.39 is 15.9 Å². The van der Waals surface area contributed by atoms with Gasteiger partial charge in [-0.3, -0.25) is 9.59 Å². The molecule has 134 valence electrons. The molecule has 0 saturated heterocycles. The summed E-state index contributed by atoms with van der Waals surface area (Å²) >= 11 is 0. The van der Waals surface area contributed by atoms with Crippen LogP contribution < -0.4 is 4.72 Å². The van der Waals surface area contributed by atoms with E-state index in [2.05, 4.69) is 0 Å². The van der Waals surface area contributed by atoms with E-state index in [-0.39, 0.29) is 28.9 Å². The molecule has 0 radical (unpaired) electrons. The minimum atomic E-state index is -3.94. The number of nitrogens with one attached hydrogen (secondary N) is 1. The molecule has 0 aliphatic heterocycles. The third-order valence-corrected chi connectivity index (χ3v) is 5.01. The van der Waals surface area contributed by atoms with Crippen molar-refractivity contribution in [3.63, 3.8) is 0 Å². The van der Waals surface area contributed by atoms with Gasteiger partial charge in [-0.05, 0) is 28.3 Å². The molecular weight excluding hydrogens is 338 g/mol. The van der Waals surface area contributed by atoms with Crippen molar-refractivity contribution in [1.29, 1.82) is 0 Å². The highest BCUT2D eigenvalue weighted by Crippen LogP contribution is 2.21. The summed E-state index contributed by atoms with van der Waals surface area (Å²) in [5, 5.41) is 1.69. The molecule has 0 atom stereocenters. The molecule has 0 aliphatic carbocycles. The van der Waals surface area contributed by atoms with Crippen molar-refractivity contribution in [2.75, 3.05) is 0 Å². The number of fused-ring (bicyclic) bond motifs is 1. The lowest BCUT2D eigenvalue weighted by molar-refractivity contribution is -0.125. The van der Waals surface area contributed by atoms with Crippen molar-refractivity contribution < 1.29 is 18.0 Å². The molecule has 5 nitrogen and oxygen atoms in total. The highest BCUT2D eigenvalue weighted by molar-refractivity contribution is 7.90. The van der Waals surface area contributed by atoms with Crippen LogP contribution in [0.4, 0.5) is 0 Å². The van der Waals surface area contributed by atoms with E-state index in [4.69, 9.17) is 0 Å². The third-order valence-electron chi connectivity index (χ3n) is 3.64. The first-order chi connectivity index (χ1) is 11.6. The predicted molar refractivity (Wildman–Crippen MR) is 97.6 cm³/mol. The molecule has 0 unspecified atom stereocenters. The molecule has 2 aromatic rings. The molecule has 0 aromatic heterocycles. The molecule has 1 N–H and O–H groups in total. The monoisotopic (exact) mass is 361 g/mol. The Kier molecular flexibility index (Phi) is 5.62. The first kappa shape index (κ1) is 19.1. The Bertz CT molecular complexity index is 895. The molecule has 0 heterocycles. The summed E-state index contributed by atoms with van der Waals surface area (Å²) in [6.07, 6.45) is 0.260. The van der Waals surface area contributed by atoms with Gasteiger partial charge in [0.15, 0.2) is 0 Å². The number of Topliss-reactive ketones (excluding diaryl/α,β-unsaturated/α-hetero) is 1. The second kappa shape index (κ2) is 7.35. The quantitative estimate of drug-likeness (QED) is 0.855. The van der Waals surface area contributed by atoms with Crippen molar-refractivity contribution in [3.05, 3.63) is 42.5 Å². The first-order valence-electron chi connectivity index (χ1n) is 8.13. The van der Waals surface area contributed by atoms with E-state index in [1.807, 2.05) is 43.7 Å². The Labute approximate surface area is 148 Å². The molecule has 1 amide bonds. The zero-order valence-electron chi connectivity index (χ0n) is 14.7. The number of sulfonamides is 1. The zero-order valence-corrected chi connectivity index (χ0v) is 15.5. The van der Waals surface area contributed by atoms with Crippen LogP contribution in [-0.4, -0.2) is 20.1 Å². The van der Waals surface area contributed by atoms with Gasteiger partial charge in [0.05, 0.1) is 4.90 Å². The summed E-state index contributed by atoms with van der Waals surface area (Å²) in [5.74, 6) is -0.721. The molecule has 0 fully saturated rings. The molecule has 2 aromatic carbocycles. The van der Waals surface area contributed by atoms with Crippen LogP contribution in [0.5, 0.6) is 0 Å². The maximum Gasteiger partial charge on any atom is 0.264 e. The number of ketones is 1. The smallest absolute Gasteiger partial charge is 0.264 e. The minimum absolute atomic E-state index is 0.0283. The minimum Gasteiger partial charge on any atom is -0.300 e. The topological polar surface area (TPSA) is 80.3 Å². The number of carbonyl (C=O) groups excluding carboxylic acids is 2. The van der Waals surface area contributed by atoms with E-state index in [1.54, 1.807) is 12.1 Å². The largest absolute Gasteiger partial charge is 0.300 e. The fraction of sp³-hybridized carbons (Fsp3) is 0.368. The number of hydrogen-bond donors (Lipinski definition) is 1. The van der Waals surface area contributed by atoms with Crippen molar-refractivity contribution >= 4 is 32.5 Å². The van der Waals surface area contributed by atoms with Crippen LogP contribution in [0.25, 0.3) is 10.8 Å². The van der Waals surface area contributed by atoms with E-state index in [1.165, 1.54) is 12.1 Å². The number of benzene rings is 2. The lowest BCUT2D eigenvalue weighted by Crippen LogP contribution is -2.31. The van der Waals surface area contributed by atoms with Crippen molar-refractivity contribution in [2.24, 2.45) is 5.41 Å². The highest BCUT2D eigenvalue weighted by atomic mass is 32.2. The number of carbonyl (C=O) groups is 2. The maximum atomic E-state index is 12.3. The van der Waals surface area contributed by atoms with Crippen molar-refractivity contribution in [1.82, 2.24) is 4.72 Å². The normalized spacial score (nSPS) is 12.1. The van der Waals surface area contributed by atoms with Gasteiger partial charge in [0, 0.05) is 19.3 Å². The van der Waals surface area contributed by atoms with Gasteiger partial charge in [-0.2, -0.15) is 0 Å². The van der Waals surface area contributed by atoms with Gasteiger partial charge in [-0.1, -0.05) is 51.1 Å². The average molecular weight is 361 g/mol. The number of hydrogen-bond acceptors (Lipinski definition) is 4. The third kappa shape index (κ3) is 5.67. The van der Waals surface area contributed by atoms with Crippen LogP contribution in [-0.2, 0) is 19.6 Å². The second-order valence-corrected chi connectivity index (χ2v) is 9.00. The van der Waals surface area contributed by atoms with Gasteiger partial charge in [0.25, 0.3) is 10.0 Å². The molecule has 6 heteroatoms. The summed E-state index contributed by atoms with van der Waals surface area (Å²) in [5.41, 5.74) is -0.148. The Balaban J connectivity index is 2.02. The van der Waals surface area contributed by atoms with Crippen LogP contribution >= 0.6 is 0 Å². The van der Waals surface area contributed by atoms with E-state index in [0.29, 0.717) is 6.42 Å². The van der Waals surface area contributed by atoms with Crippen molar-refractivity contribution in [2.45, 2.75) is 44.9 Å². The SMILES string of the molecule is CC(C)(C)CC(=O)CCC(=O)NS(=O)(=O)c1ccc2ccccc2c1. The van der Waals surface area contributed by atoms with Crippen LogP contribution in [0.15, 0.2) is 47.4 Å². The first-order valence-corrected chi connectivity index (χ1v) is 9.61. The van der Waals surface area contributed by atoms with Gasteiger partial charge in [-0.15, -0.1) is 0 Å². The fourth-order valence-corrected chi connectivity index (χ4v) is 3.58. The van der Waals surface area contributed by atoms with Gasteiger partial charge in [0.2, 0.25) is 5.91 Å². The van der Waals surface area contributed by atoms with Gasteiger partial charge in [0.1, 0.15) is 5.78 Å². The molecule has 0 aliphatic rings. The second-order valence-electron chi connectivity index (χ2n) is 7.31. The molecule has 0 spiro atoms. The molecule has 25 heavy (non-hydrogen) atoms. The van der Waals surface area contributed by atoms with Crippen LogP contribution in [0, 0.1) is 5.41 Å². The Morgan fingerprint density at radius 2 is 1.60 bits per heavy atom. The number of amides is 1. The molecule has 0 bridgehead atoms. The summed E-state index contributed by atoms with van der Waals surface area (Å²) in [4.78, 5) is 23.8. The highest BCUT2D eigenvalue weighted by Gasteiger charge is 2.20. The number of rotatable bonds is 6. The summed E-state index contributed by atoms with van der Waals surface area (Å²) in [7, 11) is -3.94. The van der Waals surface area contributed by atoms with Crippen LogP contribution in [0.3, 0.4) is 0 Å². The fourth-order valence-electron chi connectivity index (χ4n) is 2.53. The Morgan fingerprint density at radius 1 is 0.960 bits per heavy atom. The maximum absolute atomic E-state index is 12.3. The van der Waals surface area contributed by atoms with Crippen LogP contribution in [0.1, 0.15) is 40.0 Å². The standard InChI is InChI=1S/C19H23NO4S/c1-19(2,3)13-16(21)9-11-18(22)20-25(23,24)17-10-8-14-6-4-5-7-15(14)12-17/h4-8,10,12H,9,11,13H2,1-3H3,(H,20,22). The van der Waals surface area contributed by atoms with Gasteiger partial charge in [-0.25, -0.2) is 13.1 Å². The predicted octanol–water partition coefficient (Wildman–Crippen LogP) is 3.43. The lowest BCUT2D eigenvalue weighted by Gasteiger charge is -2.16. The van der Waals surface area contributed by atoms with E-state index in [9.17, 15) is 18.0 Å². The zero-order chi connectivity index (χ0) is 18.7. The summed E-state index contributed by atoms with van der Waals surface area (Å²) in [6, 6.07) is 12.1. The average Bonchev–Trinajstić information content (AvgIpc) is 2.50.